The molecule has 0 bridgehead atoms. The lowest BCUT2D eigenvalue weighted by molar-refractivity contribution is 0.617. The number of aryl methyl sites for hydroxylation is 1. The molecular formula is C12H12BrFN2S. The van der Waals surface area contributed by atoms with Gasteiger partial charge in [-0.05, 0) is 40.5 Å². The van der Waals surface area contributed by atoms with Gasteiger partial charge in [0, 0.05) is 17.8 Å². The second-order valence-electron chi connectivity index (χ2n) is 3.84. The van der Waals surface area contributed by atoms with Crippen LogP contribution in [0.4, 0.5) is 4.39 Å². The number of rotatable bonds is 3. The van der Waals surface area contributed by atoms with E-state index in [1.54, 1.807) is 23.5 Å². The normalized spacial score (nSPS) is 12.7. The zero-order valence-electron chi connectivity index (χ0n) is 9.28. The molecule has 0 aliphatic heterocycles. The fourth-order valence-corrected chi connectivity index (χ4v) is 2.61. The first-order valence-electron chi connectivity index (χ1n) is 5.18. The van der Waals surface area contributed by atoms with Crippen LogP contribution >= 0.6 is 27.3 Å². The van der Waals surface area contributed by atoms with E-state index in [0.29, 0.717) is 10.9 Å². The minimum absolute atomic E-state index is 0.159. The molecule has 2 N–H and O–H groups in total. The SMILES string of the molecule is Cc1nc(CC(N)c2ccc(F)c(Br)c2)cs1. The molecule has 90 valence electrons. The molecule has 2 nitrogen and oxygen atoms in total. The van der Waals surface area contributed by atoms with Crippen molar-refractivity contribution in [2.45, 2.75) is 19.4 Å². The molecule has 1 atom stereocenters. The molecule has 0 saturated heterocycles. The molecule has 1 aromatic heterocycles. The van der Waals surface area contributed by atoms with Gasteiger partial charge < -0.3 is 5.73 Å². The van der Waals surface area contributed by atoms with Crippen LogP contribution in [-0.4, -0.2) is 4.98 Å². The molecule has 1 unspecified atom stereocenters. The van der Waals surface area contributed by atoms with Gasteiger partial charge in [0.25, 0.3) is 0 Å². The number of benzene rings is 1. The molecule has 0 radical (unpaired) electrons. The topological polar surface area (TPSA) is 38.9 Å². The van der Waals surface area contributed by atoms with Crippen molar-refractivity contribution in [3.8, 4) is 0 Å². The van der Waals surface area contributed by atoms with Crippen LogP contribution in [0.5, 0.6) is 0 Å². The van der Waals surface area contributed by atoms with E-state index < -0.39 is 0 Å². The largest absolute Gasteiger partial charge is 0.324 e. The second-order valence-corrected chi connectivity index (χ2v) is 5.76. The predicted octanol–water partition coefficient (Wildman–Crippen LogP) is 3.60. The minimum Gasteiger partial charge on any atom is -0.324 e. The number of halogens is 2. The zero-order valence-corrected chi connectivity index (χ0v) is 11.7. The van der Waals surface area contributed by atoms with Gasteiger partial charge in [0.15, 0.2) is 0 Å². The highest BCUT2D eigenvalue weighted by atomic mass is 79.9. The van der Waals surface area contributed by atoms with E-state index in [1.807, 2.05) is 12.3 Å². The number of hydrogen-bond donors (Lipinski definition) is 1. The number of nitrogens with zero attached hydrogens (tertiary/aromatic N) is 1. The predicted molar refractivity (Wildman–Crippen MR) is 71.6 cm³/mol. The molecule has 1 aromatic carbocycles. The number of aromatic nitrogens is 1. The average molecular weight is 315 g/mol. The lowest BCUT2D eigenvalue weighted by Gasteiger charge is -2.11. The van der Waals surface area contributed by atoms with Crippen molar-refractivity contribution in [2.75, 3.05) is 0 Å². The summed E-state index contributed by atoms with van der Waals surface area (Å²) in [7, 11) is 0. The Hall–Kier alpha value is -0.780. The molecule has 2 rings (SSSR count). The standard InChI is InChI=1S/C12H12BrFN2S/c1-7-16-9(6-17-7)5-12(15)8-2-3-11(14)10(13)4-8/h2-4,6,12H,5,15H2,1H3. The van der Waals surface area contributed by atoms with Crippen molar-refractivity contribution in [3.63, 3.8) is 0 Å². The molecule has 1 heterocycles. The Morgan fingerprint density at radius 3 is 2.88 bits per heavy atom. The Balaban J connectivity index is 2.14. The Morgan fingerprint density at radius 1 is 1.53 bits per heavy atom. The third-order valence-electron chi connectivity index (χ3n) is 2.47. The van der Waals surface area contributed by atoms with E-state index in [-0.39, 0.29) is 11.9 Å². The van der Waals surface area contributed by atoms with Gasteiger partial charge in [-0.2, -0.15) is 0 Å². The van der Waals surface area contributed by atoms with Crippen LogP contribution in [-0.2, 0) is 6.42 Å². The summed E-state index contributed by atoms with van der Waals surface area (Å²) >= 11 is 4.77. The number of thiazole rings is 1. The van der Waals surface area contributed by atoms with E-state index in [9.17, 15) is 4.39 Å². The summed E-state index contributed by atoms with van der Waals surface area (Å²) in [6.45, 7) is 1.97. The quantitative estimate of drug-likeness (QED) is 0.940. The van der Waals surface area contributed by atoms with E-state index >= 15 is 0 Å². The maximum absolute atomic E-state index is 13.1. The molecular weight excluding hydrogens is 303 g/mol. The van der Waals surface area contributed by atoms with Gasteiger partial charge >= 0.3 is 0 Å². The van der Waals surface area contributed by atoms with E-state index in [1.165, 1.54) is 6.07 Å². The monoisotopic (exact) mass is 314 g/mol. The van der Waals surface area contributed by atoms with Crippen LogP contribution in [0.2, 0.25) is 0 Å². The van der Waals surface area contributed by atoms with Crippen LogP contribution in [0, 0.1) is 12.7 Å². The Morgan fingerprint density at radius 2 is 2.29 bits per heavy atom. The summed E-state index contributed by atoms with van der Waals surface area (Å²) in [6.07, 6.45) is 0.669. The molecule has 5 heteroatoms. The maximum Gasteiger partial charge on any atom is 0.137 e. The lowest BCUT2D eigenvalue weighted by atomic mass is 10.0. The number of nitrogens with two attached hydrogens (primary N) is 1. The summed E-state index contributed by atoms with van der Waals surface area (Å²) in [5.74, 6) is -0.273. The highest BCUT2D eigenvalue weighted by Gasteiger charge is 2.11. The molecule has 17 heavy (non-hydrogen) atoms. The minimum atomic E-state index is -0.273. The van der Waals surface area contributed by atoms with Crippen LogP contribution in [0.15, 0.2) is 28.1 Å². The van der Waals surface area contributed by atoms with Crippen molar-refractivity contribution in [2.24, 2.45) is 5.73 Å². The molecule has 2 aromatic rings. The highest BCUT2D eigenvalue weighted by Crippen LogP contribution is 2.22. The average Bonchev–Trinajstić information content (AvgIpc) is 2.68. The van der Waals surface area contributed by atoms with Crippen LogP contribution in [0.3, 0.4) is 0 Å². The van der Waals surface area contributed by atoms with Gasteiger partial charge in [-0.15, -0.1) is 11.3 Å². The lowest BCUT2D eigenvalue weighted by Crippen LogP contribution is -2.13. The van der Waals surface area contributed by atoms with E-state index in [0.717, 1.165) is 16.3 Å². The molecule has 0 saturated carbocycles. The first kappa shape index (κ1) is 12.7. The zero-order chi connectivity index (χ0) is 12.4. The smallest absolute Gasteiger partial charge is 0.137 e. The molecule has 0 spiro atoms. The van der Waals surface area contributed by atoms with Gasteiger partial charge in [0.05, 0.1) is 15.2 Å². The summed E-state index contributed by atoms with van der Waals surface area (Å²) < 4.78 is 13.5. The van der Waals surface area contributed by atoms with Crippen LogP contribution < -0.4 is 5.73 Å². The third kappa shape index (κ3) is 3.12. The van der Waals surface area contributed by atoms with Gasteiger partial charge in [0.2, 0.25) is 0 Å². The van der Waals surface area contributed by atoms with Crippen LogP contribution in [0.1, 0.15) is 22.3 Å². The third-order valence-corrected chi connectivity index (χ3v) is 3.90. The van der Waals surface area contributed by atoms with Crippen molar-refractivity contribution < 1.29 is 4.39 Å². The van der Waals surface area contributed by atoms with Crippen LogP contribution in [0.25, 0.3) is 0 Å². The molecule has 0 aliphatic carbocycles. The summed E-state index contributed by atoms with van der Waals surface area (Å²) in [4.78, 5) is 4.37. The second kappa shape index (κ2) is 5.25. The summed E-state index contributed by atoms with van der Waals surface area (Å²) in [5, 5.41) is 3.04. The molecule has 0 aliphatic rings. The Bertz CT molecular complexity index is 527. The molecule has 0 fully saturated rings. The maximum atomic E-state index is 13.1. The van der Waals surface area contributed by atoms with E-state index in [4.69, 9.17) is 5.73 Å². The number of hydrogen-bond acceptors (Lipinski definition) is 3. The van der Waals surface area contributed by atoms with Crippen molar-refractivity contribution in [1.29, 1.82) is 0 Å². The van der Waals surface area contributed by atoms with Crippen molar-refractivity contribution in [1.82, 2.24) is 4.98 Å². The van der Waals surface area contributed by atoms with Crippen molar-refractivity contribution in [3.05, 3.63) is 50.1 Å². The fourth-order valence-electron chi connectivity index (χ4n) is 1.59. The highest BCUT2D eigenvalue weighted by molar-refractivity contribution is 9.10. The van der Waals surface area contributed by atoms with Gasteiger partial charge in [-0.3, -0.25) is 0 Å². The van der Waals surface area contributed by atoms with Crippen molar-refractivity contribution >= 4 is 27.3 Å². The molecule has 0 amide bonds. The van der Waals surface area contributed by atoms with Gasteiger partial charge in [-0.25, -0.2) is 9.37 Å². The summed E-state index contributed by atoms with van der Waals surface area (Å²) in [5.41, 5.74) is 7.97. The summed E-state index contributed by atoms with van der Waals surface area (Å²) in [6, 6.07) is 4.70. The van der Waals surface area contributed by atoms with Gasteiger partial charge in [-0.1, -0.05) is 6.07 Å². The Kier molecular flexibility index (Phi) is 3.91. The van der Waals surface area contributed by atoms with E-state index in [2.05, 4.69) is 20.9 Å². The fraction of sp³-hybridized carbons (Fsp3) is 0.250. The Labute approximate surface area is 112 Å². The first-order chi connectivity index (χ1) is 8.06. The first-order valence-corrected chi connectivity index (χ1v) is 6.85. The van der Waals surface area contributed by atoms with Gasteiger partial charge in [0.1, 0.15) is 5.82 Å².